The van der Waals surface area contributed by atoms with Gasteiger partial charge in [0.05, 0.1) is 34.3 Å². The van der Waals surface area contributed by atoms with Crippen molar-refractivity contribution in [2.24, 2.45) is 0 Å². The number of thiazole rings is 1. The third-order valence-corrected chi connectivity index (χ3v) is 6.66. The van der Waals surface area contributed by atoms with Crippen LogP contribution in [0.2, 0.25) is 0 Å². The highest BCUT2D eigenvalue weighted by Gasteiger charge is 2.20. The first-order chi connectivity index (χ1) is 16.2. The summed E-state index contributed by atoms with van der Waals surface area (Å²) in [6.45, 7) is 4.50. The van der Waals surface area contributed by atoms with Crippen molar-refractivity contribution in [3.05, 3.63) is 64.2 Å². The van der Waals surface area contributed by atoms with Gasteiger partial charge in [0.2, 0.25) is 0 Å². The predicted molar refractivity (Wildman–Crippen MR) is 130 cm³/mol. The minimum absolute atomic E-state index is 0.172. The van der Waals surface area contributed by atoms with Crippen LogP contribution < -0.4 is 10.5 Å². The highest BCUT2D eigenvalue weighted by Crippen LogP contribution is 2.34. The molecule has 1 saturated heterocycles. The molecule has 5 heterocycles. The van der Waals surface area contributed by atoms with Crippen LogP contribution in [0.3, 0.4) is 0 Å². The van der Waals surface area contributed by atoms with Crippen LogP contribution in [0.5, 0.6) is 0 Å². The fraction of sp³-hybridized carbons (Fsp3) is 0.208. The van der Waals surface area contributed by atoms with Crippen molar-refractivity contribution in [3.8, 4) is 21.8 Å². The van der Waals surface area contributed by atoms with E-state index in [0.29, 0.717) is 48.8 Å². The molecule has 8 nitrogen and oxygen atoms in total. The van der Waals surface area contributed by atoms with Gasteiger partial charge in [-0.25, -0.2) is 15.0 Å². The Kier molecular flexibility index (Phi) is 4.85. The number of aromatic amines is 1. The zero-order valence-corrected chi connectivity index (χ0v) is 18.7. The second-order valence-corrected chi connectivity index (χ2v) is 9.13. The molecule has 164 valence electrons. The lowest BCUT2D eigenvalue weighted by atomic mass is 10.1. The quantitative estimate of drug-likeness (QED) is 0.441. The van der Waals surface area contributed by atoms with Crippen LogP contribution in [0.1, 0.15) is 5.01 Å². The molecule has 0 saturated carbocycles. The number of H-pyrrole nitrogens is 1. The molecule has 0 radical (unpaired) electrons. The number of aromatic nitrogens is 5. The summed E-state index contributed by atoms with van der Waals surface area (Å²) >= 11 is 1.55. The van der Waals surface area contributed by atoms with Crippen molar-refractivity contribution in [1.29, 1.82) is 0 Å². The highest BCUT2D eigenvalue weighted by atomic mass is 32.1. The Bertz CT molecular complexity index is 1550. The molecule has 4 aromatic heterocycles. The molecule has 0 amide bonds. The number of benzene rings is 1. The van der Waals surface area contributed by atoms with Crippen LogP contribution in [-0.4, -0.2) is 51.2 Å². The summed E-state index contributed by atoms with van der Waals surface area (Å²) in [5.74, 6) is 0. The minimum atomic E-state index is -0.172. The molecule has 1 aliphatic heterocycles. The van der Waals surface area contributed by atoms with Gasteiger partial charge < -0.3 is 14.6 Å². The zero-order valence-electron chi connectivity index (χ0n) is 17.9. The van der Waals surface area contributed by atoms with Gasteiger partial charge >= 0.3 is 0 Å². The summed E-state index contributed by atoms with van der Waals surface area (Å²) in [5, 5.41) is 1.97. The molecule has 0 unspecified atom stereocenters. The number of nitrogens with one attached hydrogen (secondary N) is 1. The van der Waals surface area contributed by atoms with Crippen molar-refractivity contribution >= 4 is 39.1 Å². The molecule has 9 heteroatoms. The van der Waals surface area contributed by atoms with E-state index in [4.69, 9.17) is 14.7 Å². The number of aryl methyl sites for hydroxylation is 1. The number of morpholine rings is 1. The van der Waals surface area contributed by atoms with Gasteiger partial charge in [-0.2, -0.15) is 0 Å². The molecule has 0 atom stereocenters. The predicted octanol–water partition coefficient (Wildman–Crippen LogP) is 3.80. The summed E-state index contributed by atoms with van der Waals surface area (Å²) < 4.78 is 5.44. The smallest absolute Gasteiger partial charge is 0.273 e. The Hall–Kier alpha value is -3.69. The van der Waals surface area contributed by atoms with Gasteiger partial charge in [-0.15, -0.1) is 11.3 Å². The van der Waals surface area contributed by atoms with Gasteiger partial charge in [-0.3, -0.25) is 9.78 Å². The van der Waals surface area contributed by atoms with E-state index >= 15 is 0 Å². The normalized spacial score (nSPS) is 14.3. The molecule has 5 aromatic rings. The van der Waals surface area contributed by atoms with E-state index in [0.717, 1.165) is 32.0 Å². The molecule has 1 fully saturated rings. The van der Waals surface area contributed by atoms with E-state index in [1.54, 1.807) is 17.5 Å². The molecular weight excluding hydrogens is 436 g/mol. The second-order valence-electron chi connectivity index (χ2n) is 7.89. The average molecular weight is 457 g/mol. The van der Waals surface area contributed by atoms with Crippen LogP contribution in [0.4, 0.5) is 5.69 Å². The van der Waals surface area contributed by atoms with Crippen molar-refractivity contribution in [2.45, 2.75) is 6.92 Å². The topological polar surface area (TPSA) is 96.9 Å². The first-order valence-corrected chi connectivity index (χ1v) is 11.5. The van der Waals surface area contributed by atoms with Gasteiger partial charge in [0, 0.05) is 36.4 Å². The maximum absolute atomic E-state index is 12.9. The average Bonchev–Trinajstić information content (AvgIpc) is 3.29. The van der Waals surface area contributed by atoms with Gasteiger partial charge in [-0.1, -0.05) is 12.1 Å². The monoisotopic (exact) mass is 456 g/mol. The van der Waals surface area contributed by atoms with Crippen molar-refractivity contribution in [2.75, 3.05) is 31.2 Å². The van der Waals surface area contributed by atoms with Gasteiger partial charge in [0.15, 0.2) is 5.65 Å². The van der Waals surface area contributed by atoms with E-state index in [1.165, 1.54) is 0 Å². The minimum Gasteiger partial charge on any atom is -0.378 e. The number of rotatable bonds is 3. The standard InChI is InChI=1S/C24H20N6O2S/c1-14-26-13-20(33-14)22-21(16-4-5-17-15(11-16)3-2-6-25-17)27-18-12-19(24(31)29-23(18)28-22)30-7-9-32-10-8-30/h2-6,11-13H,7-10H2,1H3,(H,28,29,31). The lowest BCUT2D eigenvalue weighted by molar-refractivity contribution is 0.122. The summed E-state index contributed by atoms with van der Waals surface area (Å²) in [6, 6.07) is 11.9. The Morgan fingerprint density at radius 1 is 1.03 bits per heavy atom. The van der Waals surface area contributed by atoms with Crippen LogP contribution in [0.15, 0.2) is 53.6 Å². The first kappa shape index (κ1) is 20.0. The van der Waals surface area contributed by atoms with E-state index in [2.05, 4.69) is 21.0 Å². The highest BCUT2D eigenvalue weighted by molar-refractivity contribution is 7.15. The largest absolute Gasteiger partial charge is 0.378 e. The molecule has 0 spiro atoms. The number of hydrogen-bond acceptors (Lipinski definition) is 8. The summed E-state index contributed by atoms with van der Waals surface area (Å²) in [5.41, 5.74) is 4.83. The molecule has 1 N–H and O–H groups in total. The van der Waals surface area contributed by atoms with Gasteiger partial charge in [0.25, 0.3) is 5.56 Å². The summed E-state index contributed by atoms with van der Waals surface area (Å²) in [4.78, 5) is 37.4. The number of fused-ring (bicyclic) bond motifs is 2. The summed E-state index contributed by atoms with van der Waals surface area (Å²) in [6.07, 6.45) is 3.59. The third kappa shape index (κ3) is 3.65. The molecule has 33 heavy (non-hydrogen) atoms. The van der Waals surface area contributed by atoms with Gasteiger partial charge in [-0.05, 0) is 31.2 Å². The molecule has 0 aliphatic carbocycles. The van der Waals surface area contributed by atoms with Crippen molar-refractivity contribution in [3.63, 3.8) is 0 Å². The number of hydrogen-bond donors (Lipinski definition) is 1. The van der Waals surface area contributed by atoms with Crippen LogP contribution in [0, 0.1) is 6.92 Å². The lowest BCUT2D eigenvalue weighted by Gasteiger charge is -2.28. The Balaban J connectivity index is 1.58. The van der Waals surface area contributed by atoms with Crippen LogP contribution in [-0.2, 0) is 4.74 Å². The number of pyridine rings is 2. The third-order valence-electron chi connectivity index (χ3n) is 5.74. The summed E-state index contributed by atoms with van der Waals surface area (Å²) in [7, 11) is 0. The first-order valence-electron chi connectivity index (χ1n) is 10.7. The fourth-order valence-electron chi connectivity index (χ4n) is 4.11. The number of nitrogens with zero attached hydrogens (tertiary/aromatic N) is 5. The van der Waals surface area contributed by atoms with E-state index in [-0.39, 0.29) is 5.56 Å². The van der Waals surface area contributed by atoms with E-state index < -0.39 is 0 Å². The van der Waals surface area contributed by atoms with E-state index in [1.807, 2.05) is 48.4 Å². The fourth-order valence-corrected chi connectivity index (χ4v) is 4.88. The SMILES string of the molecule is Cc1ncc(-c2nc3[nH]c(=O)c(N4CCOCC4)cc3nc2-c2ccc3ncccc3c2)s1. The number of ether oxygens (including phenoxy) is 1. The second kappa shape index (κ2) is 8.02. The maximum Gasteiger partial charge on any atom is 0.273 e. The maximum atomic E-state index is 12.9. The Morgan fingerprint density at radius 2 is 1.91 bits per heavy atom. The zero-order chi connectivity index (χ0) is 22.4. The Labute approximate surface area is 193 Å². The molecule has 1 aromatic carbocycles. The number of anilines is 1. The molecule has 0 bridgehead atoms. The van der Waals surface area contributed by atoms with Crippen molar-refractivity contribution in [1.82, 2.24) is 24.9 Å². The molecule has 6 rings (SSSR count). The van der Waals surface area contributed by atoms with Gasteiger partial charge in [0.1, 0.15) is 16.9 Å². The van der Waals surface area contributed by atoms with E-state index in [9.17, 15) is 4.79 Å². The van der Waals surface area contributed by atoms with Crippen LogP contribution >= 0.6 is 11.3 Å². The molecule has 1 aliphatic rings. The molecular formula is C24H20N6O2S. The van der Waals surface area contributed by atoms with Crippen molar-refractivity contribution < 1.29 is 4.74 Å². The lowest BCUT2D eigenvalue weighted by Crippen LogP contribution is -2.39. The van der Waals surface area contributed by atoms with Crippen LogP contribution in [0.25, 0.3) is 43.9 Å². The Morgan fingerprint density at radius 3 is 2.73 bits per heavy atom.